The summed E-state index contributed by atoms with van der Waals surface area (Å²) in [6, 6.07) is 7.74. The van der Waals surface area contributed by atoms with Crippen LogP contribution in [0.4, 0.5) is 0 Å². The van der Waals surface area contributed by atoms with Crippen molar-refractivity contribution in [2.24, 2.45) is 5.92 Å². The molecular weight excluding hydrogens is 320 g/mol. The van der Waals surface area contributed by atoms with Crippen molar-refractivity contribution in [1.82, 2.24) is 20.3 Å². The standard InChI is InChI=1S/C18H22N4OS/c1-10(2)9-15(17-20-13-7-5-6-8-14(13)21-17)22-18(23)16-11(3)24-12(4)19-16/h5-8,10,15H,9H2,1-4H3,(H,20,21)(H,22,23)/t15-/m1/s1. The molecule has 1 atom stereocenters. The van der Waals surface area contributed by atoms with Crippen LogP contribution in [0.5, 0.6) is 0 Å². The summed E-state index contributed by atoms with van der Waals surface area (Å²) in [5.41, 5.74) is 2.41. The predicted molar refractivity (Wildman–Crippen MR) is 97.3 cm³/mol. The molecule has 0 aliphatic carbocycles. The van der Waals surface area contributed by atoms with Gasteiger partial charge in [-0.25, -0.2) is 9.97 Å². The second-order valence-electron chi connectivity index (χ2n) is 6.43. The van der Waals surface area contributed by atoms with Gasteiger partial charge in [-0.05, 0) is 38.3 Å². The molecule has 2 N–H and O–H groups in total. The maximum absolute atomic E-state index is 12.7. The third kappa shape index (κ3) is 3.48. The van der Waals surface area contributed by atoms with Crippen molar-refractivity contribution in [2.45, 2.75) is 40.2 Å². The fourth-order valence-electron chi connectivity index (χ4n) is 2.81. The summed E-state index contributed by atoms with van der Waals surface area (Å²) in [5, 5.41) is 4.01. The summed E-state index contributed by atoms with van der Waals surface area (Å²) in [4.78, 5) is 25.9. The van der Waals surface area contributed by atoms with Crippen LogP contribution < -0.4 is 5.32 Å². The van der Waals surface area contributed by atoms with E-state index in [0.29, 0.717) is 11.6 Å². The van der Waals surface area contributed by atoms with Gasteiger partial charge in [0, 0.05) is 4.88 Å². The zero-order chi connectivity index (χ0) is 17.3. The summed E-state index contributed by atoms with van der Waals surface area (Å²) < 4.78 is 0. The molecule has 6 heteroatoms. The van der Waals surface area contributed by atoms with Crippen LogP contribution in [0.2, 0.25) is 0 Å². The molecule has 2 aromatic heterocycles. The monoisotopic (exact) mass is 342 g/mol. The largest absolute Gasteiger partial charge is 0.341 e. The van der Waals surface area contributed by atoms with Gasteiger partial charge in [-0.2, -0.15) is 0 Å². The molecule has 1 amide bonds. The smallest absolute Gasteiger partial charge is 0.271 e. The summed E-state index contributed by atoms with van der Waals surface area (Å²) in [6.07, 6.45) is 0.813. The van der Waals surface area contributed by atoms with Crippen LogP contribution in [-0.4, -0.2) is 20.9 Å². The van der Waals surface area contributed by atoms with Crippen LogP contribution in [0, 0.1) is 19.8 Å². The SMILES string of the molecule is Cc1nc(C(=O)N[C@H](CC(C)C)c2nc3ccccc3[nH]2)c(C)s1. The molecule has 0 bridgehead atoms. The lowest BCUT2D eigenvalue weighted by Crippen LogP contribution is -2.31. The third-order valence-corrected chi connectivity index (χ3v) is 4.76. The number of carbonyl (C=O) groups is 1. The van der Waals surface area contributed by atoms with E-state index in [0.717, 1.165) is 33.2 Å². The number of thiazole rings is 1. The Hall–Kier alpha value is -2.21. The number of hydrogen-bond acceptors (Lipinski definition) is 4. The second-order valence-corrected chi connectivity index (χ2v) is 7.84. The first-order chi connectivity index (χ1) is 11.4. The van der Waals surface area contributed by atoms with Gasteiger partial charge in [0.1, 0.15) is 11.5 Å². The lowest BCUT2D eigenvalue weighted by molar-refractivity contribution is 0.0925. The number of H-pyrrole nitrogens is 1. The van der Waals surface area contributed by atoms with Gasteiger partial charge in [-0.15, -0.1) is 11.3 Å². The minimum absolute atomic E-state index is 0.136. The van der Waals surface area contributed by atoms with Crippen molar-refractivity contribution in [3.63, 3.8) is 0 Å². The number of amides is 1. The molecule has 5 nitrogen and oxygen atoms in total. The molecule has 0 radical (unpaired) electrons. The molecule has 0 fully saturated rings. The van der Waals surface area contributed by atoms with Crippen LogP contribution >= 0.6 is 11.3 Å². The van der Waals surface area contributed by atoms with Crippen molar-refractivity contribution < 1.29 is 4.79 Å². The lowest BCUT2D eigenvalue weighted by atomic mass is 10.0. The van der Waals surface area contributed by atoms with Gasteiger partial charge in [-0.3, -0.25) is 4.79 Å². The molecule has 3 rings (SSSR count). The fraction of sp³-hybridized carbons (Fsp3) is 0.389. The topological polar surface area (TPSA) is 70.7 Å². The highest BCUT2D eigenvalue weighted by molar-refractivity contribution is 7.11. The number of carbonyl (C=O) groups excluding carboxylic acids is 1. The Bertz CT molecular complexity index is 832. The van der Waals surface area contributed by atoms with E-state index in [-0.39, 0.29) is 11.9 Å². The number of aryl methyl sites for hydroxylation is 2. The number of nitrogens with one attached hydrogen (secondary N) is 2. The van der Waals surface area contributed by atoms with Gasteiger partial charge in [0.05, 0.1) is 22.1 Å². The van der Waals surface area contributed by atoms with Gasteiger partial charge in [0.15, 0.2) is 0 Å². The number of aromatic amines is 1. The molecule has 0 saturated carbocycles. The van der Waals surface area contributed by atoms with Crippen LogP contribution in [0.3, 0.4) is 0 Å². The number of benzene rings is 1. The Morgan fingerprint density at radius 2 is 2.00 bits per heavy atom. The lowest BCUT2D eigenvalue weighted by Gasteiger charge is -2.18. The van der Waals surface area contributed by atoms with E-state index < -0.39 is 0 Å². The molecule has 0 aliphatic heterocycles. The first-order valence-electron chi connectivity index (χ1n) is 8.13. The van der Waals surface area contributed by atoms with Gasteiger partial charge >= 0.3 is 0 Å². The highest BCUT2D eigenvalue weighted by Crippen LogP contribution is 2.23. The molecule has 3 aromatic rings. The van der Waals surface area contributed by atoms with Gasteiger partial charge in [0.2, 0.25) is 0 Å². The first kappa shape index (κ1) is 16.6. The van der Waals surface area contributed by atoms with E-state index >= 15 is 0 Å². The second kappa shape index (κ2) is 6.73. The predicted octanol–water partition coefficient (Wildman–Crippen LogP) is 4.15. The van der Waals surface area contributed by atoms with Crippen molar-refractivity contribution in [1.29, 1.82) is 0 Å². The number of nitrogens with zero attached hydrogens (tertiary/aromatic N) is 2. The maximum Gasteiger partial charge on any atom is 0.271 e. The minimum Gasteiger partial charge on any atom is -0.341 e. The molecule has 24 heavy (non-hydrogen) atoms. The molecule has 0 aliphatic rings. The normalized spacial score (nSPS) is 12.7. The van der Waals surface area contributed by atoms with E-state index in [2.05, 4.69) is 34.1 Å². The van der Waals surface area contributed by atoms with E-state index in [1.807, 2.05) is 38.1 Å². The van der Waals surface area contributed by atoms with E-state index in [1.165, 1.54) is 0 Å². The summed E-state index contributed by atoms with van der Waals surface area (Å²) in [7, 11) is 0. The highest BCUT2D eigenvalue weighted by atomic mass is 32.1. The van der Waals surface area contributed by atoms with Crippen molar-refractivity contribution in [3.8, 4) is 0 Å². The average Bonchev–Trinajstić information content (AvgIpc) is 3.08. The Balaban J connectivity index is 1.88. The number of rotatable bonds is 5. The highest BCUT2D eigenvalue weighted by Gasteiger charge is 2.22. The van der Waals surface area contributed by atoms with Crippen LogP contribution in [-0.2, 0) is 0 Å². The minimum atomic E-state index is -0.161. The average molecular weight is 342 g/mol. The molecule has 2 heterocycles. The third-order valence-electron chi connectivity index (χ3n) is 3.87. The van der Waals surface area contributed by atoms with Crippen molar-refractivity contribution in [3.05, 3.63) is 45.7 Å². The molecule has 0 spiro atoms. The Kier molecular flexibility index (Phi) is 4.66. The molecule has 126 valence electrons. The molecule has 1 aromatic carbocycles. The van der Waals surface area contributed by atoms with Gasteiger partial charge in [-0.1, -0.05) is 26.0 Å². The van der Waals surface area contributed by atoms with E-state index in [1.54, 1.807) is 11.3 Å². The Labute approximate surface area is 145 Å². The maximum atomic E-state index is 12.7. The summed E-state index contributed by atoms with van der Waals surface area (Å²) in [6.45, 7) is 8.12. The van der Waals surface area contributed by atoms with E-state index in [9.17, 15) is 4.79 Å². The van der Waals surface area contributed by atoms with Crippen molar-refractivity contribution >= 4 is 28.3 Å². The molecular formula is C18H22N4OS. The molecule has 0 saturated heterocycles. The van der Waals surface area contributed by atoms with Gasteiger partial charge in [0.25, 0.3) is 5.91 Å². The Morgan fingerprint density at radius 1 is 1.25 bits per heavy atom. The summed E-state index contributed by atoms with van der Waals surface area (Å²) >= 11 is 1.54. The number of aromatic nitrogens is 3. The first-order valence-corrected chi connectivity index (χ1v) is 8.95. The number of imidazole rings is 1. The number of hydrogen-bond donors (Lipinski definition) is 2. The van der Waals surface area contributed by atoms with Crippen LogP contribution in [0.1, 0.15) is 52.5 Å². The van der Waals surface area contributed by atoms with Crippen molar-refractivity contribution in [2.75, 3.05) is 0 Å². The van der Waals surface area contributed by atoms with E-state index in [4.69, 9.17) is 0 Å². The fourth-order valence-corrected chi connectivity index (χ4v) is 3.63. The molecule has 0 unspecified atom stereocenters. The number of fused-ring (bicyclic) bond motifs is 1. The van der Waals surface area contributed by atoms with Crippen LogP contribution in [0.15, 0.2) is 24.3 Å². The zero-order valence-corrected chi connectivity index (χ0v) is 15.2. The van der Waals surface area contributed by atoms with Gasteiger partial charge < -0.3 is 10.3 Å². The zero-order valence-electron chi connectivity index (χ0n) is 14.4. The quantitative estimate of drug-likeness (QED) is 0.731. The summed E-state index contributed by atoms with van der Waals surface area (Å²) in [5.74, 6) is 1.09. The van der Waals surface area contributed by atoms with Crippen LogP contribution in [0.25, 0.3) is 11.0 Å². The Morgan fingerprint density at radius 3 is 2.62 bits per heavy atom. The number of para-hydroxylation sites is 2.